The van der Waals surface area contributed by atoms with Gasteiger partial charge < -0.3 is 14.7 Å². The van der Waals surface area contributed by atoms with Gasteiger partial charge in [-0.1, -0.05) is 53.7 Å². The molecular formula is C22H24N4O2. The van der Waals surface area contributed by atoms with Crippen LogP contribution in [0, 0.1) is 13.8 Å². The summed E-state index contributed by atoms with van der Waals surface area (Å²) in [4.78, 5) is 19.5. The maximum atomic E-state index is 13.1. The Morgan fingerprint density at radius 2 is 1.82 bits per heavy atom. The Balaban J connectivity index is 1.57. The summed E-state index contributed by atoms with van der Waals surface area (Å²) in [6.45, 7) is 4.67. The van der Waals surface area contributed by atoms with Gasteiger partial charge in [0.15, 0.2) is 0 Å². The average Bonchev–Trinajstić information content (AvgIpc) is 3.21. The largest absolute Gasteiger partial charge is 0.337 e. The van der Waals surface area contributed by atoms with Crippen LogP contribution in [0.5, 0.6) is 0 Å². The number of piperidine rings is 1. The van der Waals surface area contributed by atoms with E-state index in [2.05, 4.69) is 15.5 Å². The van der Waals surface area contributed by atoms with Crippen molar-refractivity contribution < 1.29 is 9.32 Å². The van der Waals surface area contributed by atoms with Crippen LogP contribution in [-0.4, -0.2) is 27.6 Å². The van der Waals surface area contributed by atoms with E-state index in [0.29, 0.717) is 18.3 Å². The lowest BCUT2D eigenvalue weighted by Crippen LogP contribution is -2.41. The van der Waals surface area contributed by atoms with Crippen molar-refractivity contribution >= 4 is 11.7 Å². The van der Waals surface area contributed by atoms with Crippen LogP contribution in [-0.2, 0) is 0 Å². The normalized spacial score (nSPS) is 16.8. The second-order valence-corrected chi connectivity index (χ2v) is 7.22. The molecule has 1 aromatic heterocycles. The average molecular weight is 376 g/mol. The number of carbonyl (C=O) groups excluding carboxylic acids is 1. The van der Waals surface area contributed by atoms with Gasteiger partial charge in [-0.3, -0.25) is 0 Å². The molecule has 144 valence electrons. The first-order valence-electron chi connectivity index (χ1n) is 9.66. The zero-order chi connectivity index (χ0) is 19.5. The van der Waals surface area contributed by atoms with E-state index in [-0.39, 0.29) is 12.1 Å². The molecule has 1 aliphatic rings. The molecule has 2 heterocycles. The lowest BCUT2D eigenvalue weighted by atomic mass is 10.0. The van der Waals surface area contributed by atoms with E-state index in [1.807, 2.05) is 67.3 Å². The van der Waals surface area contributed by atoms with Crippen molar-refractivity contribution in [3.8, 4) is 11.4 Å². The van der Waals surface area contributed by atoms with E-state index in [4.69, 9.17) is 4.52 Å². The molecule has 2 amide bonds. The molecule has 1 fully saturated rings. The third-order valence-electron chi connectivity index (χ3n) is 5.24. The number of para-hydroxylation sites is 1. The highest BCUT2D eigenvalue weighted by molar-refractivity contribution is 5.91. The number of rotatable bonds is 3. The minimum absolute atomic E-state index is 0.124. The standard InChI is InChI=1S/C22H24N4O2/c1-15-9-8-10-16(2)19(15)23-22(27)26-14-7-6-13-18(26)21-24-20(25-28-21)17-11-4-3-5-12-17/h3-5,8-12,18H,6-7,13-14H2,1-2H3,(H,23,27)/t18-/m0/s1. The van der Waals surface area contributed by atoms with Gasteiger partial charge in [0.2, 0.25) is 11.7 Å². The quantitative estimate of drug-likeness (QED) is 0.689. The van der Waals surface area contributed by atoms with Crippen LogP contribution in [0.15, 0.2) is 53.1 Å². The molecular weight excluding hydrogens is 352 g/mol. The summed E-state index contributed by atoms with van der Waals surface area (Å²) in [5, 5.41) is 7.21. The number of nitrogens with one attached hydrogen (secondary N) is 1. The van der Waals surface area contributed by atoms with Crippen LogP contribution < -0.4 is 5.32 Å². The van der Waals surface area contributed by atoms with Crippen LogP contribution in [0.25, 0.3) is 11.4 Å². The Hall–Kier alpha value is -3.15. The summed E-state index contributed by atoms with van der Waals surface area (Å²) in [6, 6.07) is 15.4. The van der Waals surface area contributed by atoms with Crippen LogP contribution in [0.4, 0.5) is 10.5 Å². The monoisotopic (exact) mass is 376 g/mol. The second-order valence-electron chi connectivity index (χ2n) is 7.22. The maximum absolute atomic E-state index is 13.1. The van der Waals surface area contributed by atoms with Crippen molar-refractivity contribution in [1.29, 1.82) is 0 Å². The number of anilines is 1. The van der Waals surface area contributed by atoms with E-state index in [9.17, 15) is 4.79 Å². The molecule has 28 heavy (non-hydrogen) atoms. The predicted molar refractivity (Wildman–Crippen MR) is 108 cm³/mol. The van der Waals surface area contributed by atoms with Gasteiger partial charge >= 0.3 is 6.03 Å². The summed E-state index contributed by atoms with van der Waals surface area (Å²) < 4.78 is 5.55. The van der Waals surface area contributed by atoms with Gasteiger partial charge in [-0.15, -0.1) is 0 Å². The number of aromatic nitrogens is 2. The summed E-state index contributed by atoms with van der Waals surface area (Å²) >= 11 is 0. The number of likely N-dealkylation sites (tertiary alicyclic amines) is 1. The van der Waals surface area contributed by atoms with E-state index >= 15 is 0 Å². The smallest absolute Gasteiger partial charge is 0.322 e. The van der Waals surface area contributed by atoms with E-state index in [1.165, 1.54) is 0 Å². The van der Waals surface area contributed by atoms with Gasteiger partial charge in [0, 0.05) is 17.8 Å². The maximum Gasteiger partial charge on any atom is 0.322 e. The number of hydrogen-bond donors (Lipinski definition) is 1. The fourth-order valence-electron chi connectivity index (χ4n) is 3.70. The Labute approximate surface area is 164 Å². The van der Waals surface area contributed by atoms with E-state index in [1.54, 1.807) is 0 Å². The summed E-state index contributed by atoms with van der Waals surface area (Å²) in [6.07, 6.45) is 2.81. The highest BCUT2D eigenvalue weighted by Gasteiger charge is 2.32. The van der Waals surface area contributed by atoms with Crippen LogP contribution >= 0.6 is 0 Å². The van der Waals surface area contributed by atoms with Gasteiger partial charge in [-0.2, -0.15) is 4.98 Å². The number of carbonyl (C=O) groups is 1. The lowest BCUT2D eigenvalue weighted by molar-refractivity contribution is 0.142. The van der Waals surface area contributed by atoms with E-state index in [0.717, 1.165) is 41.6 Å². The zero-order valence-electron chi connectivity index (χ0n) is 16.2. The van der Waals surface area contributed by atoms with Crippen molar-refractivity contribution in [1.82, 2.24) is 15.0 Å². The summed E-state index contributed by atoms with van der Waals surface area (Å²) in [5.41, 5.74) is 3.87. The number of aryl methyl sites for hydroxylation is 2. The topological polar surface area (TPSA) is 71.3 Å². The zero-order valence-corrected chi connectivity index (χ0v) is 16.2. The molecule has 1 saturated heterocycles. The molecule has 4 rings (SSSR count). The van der Waals surface area contributed by atoms with Gasteiger partial charge in [0.1, 0.15) is 6.04 Å². The highest BCUT2D eigenvalue weighted by atomic mass is 16.5. The van der Waals surface area contributed by atoms with Crippen molar-refractivity contribution in [2.75, 3.05) is 11.9 Å². The number of nitrogens with zero attached hydrogens (tertiary/aromatic N) is 3. The van der Waals surface area contributed by atoms with Gasteiger partial charge in [0.25, 0.3) is 0 Å². The third-order valence-corrected chi connectivity index (χ3v) is 5.24. The molecule has 0 bridgehead atoms. The SMILES string of the molecule is Cc1cccc(C)c1NC(=O)N1CCCC[C@H]1c1nc(-c2ccccc2)no1. The van der Waals surface area contributed by atoms with Crippen molar-refractivity contribution in [2.45, 2.75) is 39.2 Å². The number of hydrogen-bond acceptors (Lipinski definition) is 4. The number of urea groups is 1. The lowest BCUT2D eigenvalue weighted by Gasteiger charge is -2.33. The molecule has 0 aliphatic carbocycles. The molecule has 3 aromatic rings. The molecule has 0 spiro atoms. The van der Waals surface area contributed by atoms with Crippen LogP contribution in [0.3, 0.4) is 0 Å². The first-order chi connectivity index (χ1) is 13.6. The first-order valence-corrected chi connectivity index (χ1v) is 9.66. The molecule has 2 aromatic carbocycles. The minimum atomic E-state index is -0.206. The number of amides is 2. The Kier molecular flexibility index (Phi) is 5.10. The molecule has 6 nitrogen and oxygen atoms in total. The fraction of sp³-hybridized carbons (Fsp3) is 0.318. The first kappa shape index (κ1) is 18.2. The molecule has 0 unspecified atom stereocenters. The molecule has 1 N–H and O–H groups in total. The summed E-state index contributed by atoms with van der Waals surface area (Å²) in [5.74, 6) is 1.05. The Morgan fingerprint density at radius 1 is 1.07 bits per heavy atom. The Morgan fingerprint density at radius 3 is 2.57 bits per heavy atom. The van der Waals surface area contributed by atoms with E-state index < -0.39 is 0 Å². The highest BCUT2D eigenvalue weighted by Crippen LogP contribution is 2.32. The molecule has 6 heteroatoms. The van der Waals surface area contributed by atoms with Crippen LogP contribution in [0.2, 0.25) is 0 Å². The van der Waals surface area contributed by atoms with Crippen molar-refractivity contribution in [2.24, 2.45) is 0 Å². The number of benzene rings is 2. The van der Waals surface area contributed by atoms with Crippen molar-refractivity contribution in [3.05, 3.63) is 65.5 Å². The molecule has 0 saturated carbocycles. The van der Waals surface area contributed by atoms with Crippen LogP contribution in [0.1, 0.15) is 42.3 Å². The molecule has 1 atom stereocenters. The van der Waals surface area contributed by atoms with Gasteiger partial charge in [-0.05, 0) is 44.2 Å². The molecule has 0 radical (unpaired) electrons. The predicted octanol–water partition coefficient (Wildman–Crippen LogP) is 5.11. The van der Waals surface area contributed by atoms with Gasteiger partial charge in [-0.25, -0.2) is 4.79 Å². The fourth-order valence-corrected chi connectivity index (χ4v) is 3.70. The van der Waals surface area contributed by atoms with Crippen molar-refractivity contribution in [3.63, 3.8) is 0 Å². The van der Waals surface area contributed by atoms with Gasteiger partial charge in [0.05, 0.1) is 0 Å². The second kappa shape index (κ2) is 7.84. The third kappa shape index (κ3) is 3.63. The minimum Gasteiger partial charge on any atom is -0.337 e. The summed E-state index contributed by atoms with van der Waals surface area (Å²) in [7, 11) is 0. The Bertz CT molecular complexity index is 947. The molecule has 1 aliphatic heterocycles.